The van der Waals surface area contributed by atoms with Crippen LogP contribution in [0.15, 0.2) is 29.5 Å². The molecule has 1 amide bonds. The topological polar surface area (TPSA) is 54.4 Å². The van der Waals surface area contributed by atoms with E-state index in [1.807, 2.05) is 19.1 Å². The fourth-order valence-electron chi connectivity index (χ4n) is 3.93. The Bertz CT molecular complexity index is 603. The summed E-state index contributed by atoms with van der Waals surface area (Å²) < 4.78 is -0.631. The van der Waals surface area contributed by atoms with E-state index in [2.05, 4.69) is 15.3 Å². The van der Waals surface area contributed by atoms with Crippen LogP contribution in [0.5, 0.6) is 0 Å². The highest BCUT2D eigenvalue weighted by molar-refractivity contribution is 8.15. The van der Waals surface area contributed by atoms with Gasteiger partial charge in [0, 0.05) is 18.4 Å². The van der Waals surface area contributed by atoms with E-state index in [0.717, 1.165) is 22.6 Å². The average molecular weight is 301 g/mol. The average Bonchev–Trinajstić information content (AvgIpc) is 3.16. The minimum atomic E-state index is -0.631. The smallest absolute Gasteiger partial charge is 0.269 e. The molecule has 4 atom stereocenters. The number of nitrogens with one attached hydrogen (secondary N) is 1. The van der Waals surface area contributed by atoms with E-state index in [1.54, 1.807) is 12.4 Å². The molecule has 2 bridgehead atoms. The zero-order chi connectivity index (χ0) is 14.4. The molecule has 1 unspecified atom stereocenters. The van der Waals surface area contributed by atoms with Gasteiger partial charge in [0.2, 0.25) is 0 Å². The Balaban J connectivity index is 1.50. The van der Waals surface area contributed by atoms with Gasteiger partial charge in [-0.1, -0.05) is 24.2 Å². The van der Waals surface area contributed by atoms with Crippen LogP contribution in [0.3, 0.4) is 0 Å². The Hall–Kier alpha value is -1.36. The molecule has 0 radical (unpaired) electrons. The molecule has 4 nitrogen and oxygen atoms in total. The lowest BCUT2D eigenvalue weighted by molar-refractivity contribution is -0.119. The van der Waals surface area contributed by atoms with Crippen LogP contribution in [0, 0.1) is 11.8 Å². The number of carbonyl (C=O) groups is 1. The van der Waals surface area contributed by atoms with Crippen LogP contribution < -0.4 is 5.32 Å². The first-order valence-corrected chi connectivity index (χ1v) is 8.46. The second-order valence-electron chi connectivity index (χ2n) is 6.52. The van der Waals surface area contributed by atoms with Crippen molar-refractivity contribution < 1.29 is 4.79 Å². The summed E-state index contributed by atoms with van der Waals surface area (Å²) in [5.41, 5.74) is 0.925. The lowest BCUT2D eigenvalue weighted by atomic mass is 9.96. The number of hydrogen-bond donors (Lipinski definition) is 1. The summed E-state index contributed by atoms with van der Waals surface area (Å²) in [5, 5.41) is 4.33. The molecular formula is C16H19N3OS. The van der Waals surface area contributed by atoms with Gasteiger partial charge in [-0.2, -0.15) is 4.99 Å². The number of hydrogen-bond acceptors (Lipinski definition) is 4. The lowest BCUT2D eigenvalue weighted by Crippen LogP contribution is -2.37. The number of amidine groups is 1. The zero-order valence-corrected chi connectivity index (χ0v) is 12.9. The summed E-state index contributed by atoms with van der Waals surface area (Å²) in [6, 6.07) is 4.34. The highest BCUT2D eigenvalue weighted by Gasteiger charge is 2.45. The molecule has 2 aliphatic carbocycles. The summed E-state index contributed by atoms with van der Waals surface area (Å²) in [5.74, 6) is 1.59. The van der Waals surface area contributed by atoms with Crippen molar-refractivity contribution in [2.24, 2.45) is 16.8 Å². The molecular weight excluding hydrogens is 282 g/mol. The van der Waals surface area contributed by atoms with Crippen LogP contribution in [0.4, 0.5) is 0 Å². The lowest BCUT2D eigenvalue weighted by Gasteiger charge is -2.25. The van der Waals surface area contributed by atoms with Crippen molar-refractivity contribution in [3.63, 3.8) is 0 Å². The van der Waals surface area contributed by atoms with Gasteiger partial charge < -0.3 is 5.32 Å². The third-order valence-corrected chi connectivity index (χ3v) is 6.39. The molecule has 2 fully saturated rings. The SMILES string of the molecule is CC1(c2cccnc2)SC(N[C@H]2C[C@@H]3CC[C@H]2C3)=NC1=O. The van der Waals surface area contributed by atoms with Crippen molar-refractivity contribution in [2.45, 2.75) is 43.4 Å². The highest BCUT2D eigenvalue weighted by atomic mass is 32.2. The minimum Gasteiger partial charge on any atom is -0.361 e. The maximum absolute atomic E-state index is 12.4. The number of fused-ring (bicyclic) bond motifs is 2. The van der Waals surface area contributed by atoms with Crippen LogP contribution in [-0.2, 0) is 9.54 Å². The molecule has 110 valence electrons. The van der Waals surface area contributed by atoms with Crippen LogP contribution >= 0.6 is 11.8 Å². The predicted molar refractivity (Wildman–Crippen MR) is 84.0 cm³/mol. The van der Waals surface area contributed by atoms with Crippen molar-refractivity contribution in [1.29, 1.82) is 0 Å². The summed E-state index contributed by atoms with van der Waals surface area (Å²) in [6.07, 6.45) is 8.79. The van der Waals surface area contributed by atoms with E-state index < -0.39 is 4.75 Å². The Morgan fingerprint density at radius 3 is 2.95 bits per heavy atom. The van der Waals surface area contributed by atoms with Crippen LogP contribution in [0.1, 0.15) is 38.2 Å². The Morgan fingerprint density at radius 2 is 2.29 bits per heavy atom. The monoisotopic (exact) mass is 301 g/mol. The third kappa shape index (κ3) is 2.18. The van der Waals surface area contributed by atoms with E-state index in [-0.39, 0.29) is 5.91 Å². The van der Waals surface area contributed by atoms with E-state index in [4.69, 9.17) is 0 Å². The van der Waals surface area contributed by atoms with Gasteiger partial charge in [0.15, 0.2) is 5.17 Å². The van der Waals surface area contributed by atoms with Gasteiger partial charge in [0.1, 0.15) is 4.75 Å². The van der Waals surface area contributed by atoms with Crippen LogP contribution in [-0.4, -0.2) is 22.1 Å². The first-order chi connectivity index (χ1) is 10.1. The second-order valence-corrected chi connectivity index (χ2v) is 7.93. The number of aliphatic imine (C=N–C) groups is 1. The van der Waals surface area contributed by atoms with Gasteiger partial charge in [-0.15, -0.1) is 0 Å². The first-order valence-electron chi connectivity index (χ1n) is 7.64. The van der Waals surface area contributed by atoms with Gasteiger partial charge in [-0.3, -0.25) is 9.78 Å². The van der Waals surface area contributed by atoms with Crippen molar-refractivity contribution in [1.82, 2.24) is 10.3 Å². The molecule has 0 spiro atoms. The molecule has 5 heteroatoms. The fraction of sp³-hybridized carbons (Fsp3) is 0.562. The van der Waals surface area contributed by atoms with Gasteiger partial charge >= 0.3 is 0 Å². The number of aromatic nitrogens is 1. The van der Waals surface area contributed by atoms with E-state index in [9.17, 15) is 4.79 Å². The van der Waals surface area contributed by atoms with Gasteiger partial charge in [-0.25, -0.2) is 0 Å². The Morgan fingerprint density at radius 1 is 1.38 bits per heavy atom. The highest BCUT2D eigenvalue weighted by Crippen LogP contribution is 2.46. The largest absolute Gasteiger partial charge is 0.361 e. The van der Waals surface area contributed by atoms with Crippen molar-refractivity contribution in [2.75, 3.05) is 0 Å². The molecule has 1 aliphatic heterocycles. The number of rotatable bonds is 2. The molecule has 1 aromatic heterocycles. The number of carbonyl (C=O) groups excluding carboxylic acids is 1. The van der Waals surface area contributed by atoms with Gasteiger partial charge in [0.25, 0.3) is 5.91 Å². The number of nitrogens with zero attached hydrogens (tertiary/aromatic N) is 2. The third-order valence-electron chi connectivity index (χ3n) is 5.17. The molecule has 4 rings (SSSR count). The molecule has 2 heterocycles. The van der Waals surface area contributed by atoms with Crippen LogP contribution in [0.2, 0.25) is 0 Å². The van der Waals surface area contributed by atoms with E-state index >= 15 is 0 Å². The molecule has 3 aliphatic rings. The van der Waals surface area contributed by atoms with E-state index in [1.165, 1.54) is 37.4 Å². The molecule has 0 aromatic carbocycles. The number of thioether (sulfide) groups is 1. The quantitative estimate of drug-likeness (QED) is 0.912. The second kappa shape index (κ2) is 4.83. The predicted octanol–water partition coefficient (Wildman–Crippen LogP) is 2.70. The zero-order valence-electron chi connectivity index (χ0n) is 12.1. The van der Waals surface area contributed by atoms with Crippen molar-refractivity contribution in [3.05, 3.63) is 30.1 Å². The number of pyridine rings is 1. The maximum Gasteiger partial charge on any atom is 0.269 e. The summed E-state index contributed by atoms with van der Waals surface area (Å²) >= 11 is 1.54. The van der Waals surface area contributed by atoms with Gasteiger partial charge in [0.05, 0.1) is 0 Å². The molecule has 21 heavy (non-hydrogen) atoms. The first kappa shape index (κ1) is 13.3. The summed E-state index contributed by atoms with van der Waals surface area (Å²) in [4.78, 5) is 20.8. The van der Waals surface area contributed by atoms with Crippen molar-refractivity contribution in [3.8, 4) is 0 Å². The normalized spacial score (nSPS) is 37.9. The van der Waals surface area contributed by atoms with Crippen molar-refractivity contribution >= 4 is 22.8 Å². The minimum absolute atomic E-state index is 0.0776. The number of amides is 1. The Labute approximate surface area is 128 Å². The van der Waals surface area contributed by atoms with E-state index in [0.29, 0.717) is 6.04 Å². The maximum atomic E-state index is 12.4. The summed E-state index contributed by atoms with van der Waals surface area (Å²) in [6.45, 7) is 1.94. The molecule has 0 saturated heterocycles. The Kier molecular flexibility index (Phi) is 3.06. The van der Waals surface area contributed by atoms with Crippen LogP contribution in [0.25, 0.3) is 0 Å². The standard InChI is InChI=1S/C16H19N3OS/c1-16(12-3-2-6-17-9-12)14(20)19-15(21-16)18-13-8-10-4-5-11(13)7-10/h2-3,6,9-11,13H,4-5,7-8H2,1H3,(H,18,19,20)/t10-,11+,13+,16?/m1/s1. The molecule has 1 aromatic rings. The fourth-order valence-corrected chi connectivity index (χ4v) is 5.03. The molecule has 1 N–H and O–H groups in total. The van der Waals surface area contributed by atoms with Gasteiger partial charge in [-0.05, 0) is 49.7 Å². The summed E-state index contributed by atoms with van der Waals surface area (Å²) in [7, 11) is 0. The molecule has 2 saturated carbocycles.